The van der Waals surface area contributed by atoms with E-state index < -0.39 is 0 Å². The Morgan fingerprint density at radius 1 is 0.967 bits per heavy atom. The molecule has 3 heterocycles. The first-order valence-corrected chi connectivity index (χ1v) is 9.44. The summed E-state index contributed by atoms with van der Waals surface area (Å²) in [5, 5.41) is 8.72. The Balaban J connectivity index is 1.58. The second kappa shape index (κ2) is 7.40. The summed E-state index contributed by atoms with van der Waals surface area (Å²) in [5.74, 6) is 1.21. The molecule has 0 aliphatic carbocycles. The van der Waals surface area contributed by atoms with Crippen molar-refractivity contribution in [3.8, 4) is 5.69 Å². The lowest BCUT2D eigenvalue weighted by molar-refractivity contribution is 0.627. The molecule has 148 valence electrons. The van der Waals surface area contributed by atoms with Crippen LogP contribution in [0.1, 0.15) is 17.4 Å². The molecule has 7 nitrogen and oxygen atoms in total. The average Bonchev–Trinajstić information content (AvgIpc) is 3.40. The van der Waals surface area contributed by atoms with Crippen LogP contribution in [-0.2, 0) is 7.05 Å². The third-order valence-electron chi connectivity index (χ3n) is 4.97. The largest absolute Gasteiger partial charge is 0.356 e. The van der Waals surface area contributed by atoms with Crippen LogP contribution < -0.4 is 5.32 Å². The van der Waals surface area contributed by atoms with Gasteiger partial charge in [-0.1, -0.05) is 30.3 Å². The Kier molecular flexibility index (Phi) is 4.44. The molecule has 5 rings (SSSR count). The molecular formula is C22H18FN7. The molecular weight excluding hydrogens is 381 g/mol. The molecule has 1 N–H and O–H groups in total. The SMILES string of the molecule is Cn1ccnc1C(Nc1ncnc2c1cnn2-c1ccc(F)cc1)c1ccccc1. The van der Waals surface area contributed by atoms with E-state index in [-0.39, 0.29) is 11.9 Å². The van der Waals surface area contributed by atoms with E-state index >= 15 is 0 Å². The minimum absolute atomic E-state index is 0.210. The Morgan fingerprint density at radius 2 is 1.77 bits per heavy atom. The fourth-order valence-corrected chi connectivity index (χ4v) is 3.46. The van der Waals surface area contributed by atoms with Crippen molar-refractivity contribution in [1.82, 2.24) is 29.3 Å². The lowest BCUT2D eigenvalue weighted by atomic mass is 10.1. The van der Waals surface area contributed by atoms with E-state index in [2.05, 4.69) is 25.4 Å². The van der Waals surface area contributed by atoms with E-state index in [1.807, 2.05) is 48.1 Å². The van der Waals surface area contributed by atoms with E-state index in [9.17, 15) is 4.39 Å². The average molecular weight is 399 g/mol. The van der Waals surface area contributed by atoms with Gasteiger partial charge < -0.3 is 9.88 Å². The Hall–Kier alpha value is -4.07. The van der Waals surface area contributed by atoms with Gasteiger partial charge in [0, 0.05) is 19.4 Å². The first-order valence-electron chi connectivity index (χ1n) is 9.44. The molecule has 3 aromatic heterocycles. The third-order valence-corrected chi connectivity index (χ3v) is 4.97. The van der Waals surface area contributed by atoms with Crippen molar-refractivity contribution in [3.63, 3.8) is 0 Å². The van der Waals surface area contributed by atoms with E-state index in [4.69, 9.17) is 0 Å². The molecule has 0 spiro atoms. The van der Waals surface area contributed by atoms with Crippen LogP contribution in [0.5, 0.6) is 0 Å². The van der Waals surface area contributed by atoms with Crippen molar-refractivity contribution in [2.24, 2.45) is 7.05 Å². The van der Waals surface area contributed by atoms with Crippen molar-refractivity contribution in [1.29, 1.82) is 0 Å². The Bertz CT molecular complexity index is 1290. The molecule has 0 aliphatic heterocycles. The lowest BCUT2D eigenvalue weighted by Gasteiger charge is -2.20. The fraction of sp³-hybridized carbons (Fsp3) is 0.0909. The number of nitrogens with one attached hydrogen (secondary N) is 1. The molecule has 2 aromatic carbocycles. The summed E-state index contributed by atoms with van der Waals surface area (Å²) in [6.45, 7) is 0. The molecule has 0 amide bonds. The van der Waals surface area contributed by atoms with Crippen molar-refractivity contribution in [2.45, 2.75) is 6.04 Å². The van der Waals surface area contributed by atoms with Crippen molar-refractivity contribution < 1.29 is 4.39 Å². The second-order valence-electron chi connectivity index (χ2n) is 6.88. The number of anilines is 1. The van der Waals surface area contributed by atoms with Crippen LogP contribution in [0.25, 0.3) is 16.7 Å². The highest BCUT2D eigenvalue weighted by Gasteiger charge is 2.21. The highest BCUT2D eigenvalue weighted by Crippen LogP contribution is 2.28. The topological polar surface area (TPSA) is 73.5 Å². The standard InChI is InChI=1S/C22H18FN7/c1-29-12-11-24-22(29)19(15-5-3-2-4-6-15)28-20-18-13-27-30(21(18)26-14-25-20)17-9-7-16(23)8-10-17/h2-14,19H,1H3,(H,25,26,28). The van der Waals surface area contributed by atoms with Gasteiger partial charge in [0.15, 0.2) is 5.65 Å². The van der Waals surface area contributed by atoms with Gasteiger partial charge in [-0.3, -0.25) is 0 Å². The number of benzene rings is 2. The van der Waals surface area contributed by atoms with Crippen LogP contribution in [-0.4, -0.2) is 29.3 Å². The highest BCUT2D eigenvalue weighted by molar-refractivity contribution is 5.87. The monoisotopic (exact) mass is 399 g/mol. The quantitative estimate of drug-likeness (QED) is 0.485. The zero-order chi connectivity index (χ0) is 20.5. The molecule has 1 unspecified atom stereocenters. The summed E-state index contributed by atoms with van der Waals surface area (Å²) in [6, 6.07) is 16.0. The maximum atomic E-state index is 13.3. The number of halogens is 1. The van der Waals surface area contributed by atoms with Gasteiger partial charge in [0.25, 0.3) is 0 Å². The van der Waals surface area contributed by atoms with Crippen LogP contribution >= 0.6 is 0 Å². The summed E-state index contributed by atoms with van der Waals surface area (Å²) in [6.07, 6.45) is 6.89. The van der Waals surface area contributed by atoms with Gasteiger partial charge in [0.2, 0.25) is 0 Å². The molecule has 30 heavy (non-hydrogen) atoms. The molecule has 0 saturated carbocycles. The van der Waals surface area contributed by atoms with Gasteiger partial charge in [-0.15, -0.1) is 0 Å². The number of hydrogen-bond donors (Lipinski definition) is 1. The molecule has 0 aliphatic rings. The first kappa shape index (κ1) is 18.0. The number of imidazole rings is 1. The van der Waals surface area contributed by atoms with Crippen molar-refractivity contribution >= 4 is 16.9 Å². The predicted molar refractivity (Wildman–Crippen MR) is 112 cm³/mol. The third kappa shape index (κ3) is 3.18. The number of fused-ring (bicyclic) bond motifs is 1. The predicted octanol–water partition coefficient (Wildman–Crippen LogP) is 3.89. The number of nitrogens with zero attached hydrogens (tertiary/aromatic N) is 6. The molecule has 5 aromatic rings. The minimum Gasteiger partial charge on any atom is -0.356 e. The highest BCUT2D eigenvalue weighted by atomic mass is 19.1. The minimum atomic E-state index is -0.298. The summed E-state index contributed by atoms with van der Waals surface area (Å²) < 4.78 is 16.9. The number of aryl methyl sites for hydroxylation is 1. The van der Waals surface area contributed by atoms with Crippen LogP contribution in [0.4, 0.5) is 10.2 Å². The van der Waals surface area contributed by atoms with Crippen molar-refractivity contribution in [3.05, 3.63) is 96.7 Å². The maximum Gasteiger partial charge on any atom is 0.168 e. The van der Waals surface area contributed by atoms with Gasteiger partial charge in [0.1, 0.15) is 29.8 Å². The van der Waals surface area contributed by atoms with Gasteiger partial charge in [-0.05, 0) is 29.8 Å². The van der Waals surface area contributed by atoms with Gasteiger partial charge >= 0.3 is 0 Å². The normalized spacial score (nSPS) is 12.2. The summed E-state index contributed by atoms with van der Waals surface area (Å²) in [4.78, 5) is 13.4. The van der Waals surface area contributed by atoms with Crippen molar-refractivity contribution in [2.75, 3.05) is 5.32 Å². The van der Waals surface area contributed by atoms with E-state index in [1.54, 1.807) is 29.2 Å². The molecule has 0 saturated heterocycles. The van der Waals surface area contributed by atoms with E-state index in [0.29, 0.717) is 11.5 Å². The molecule has 1 atom stereocenters. The molecule has 0 bridgehead atoms. The molecule has 0 radical (unpaired) electrons. The molecule has 0 fully saturated rings. The Labute approximate surface area is 171 Å². The van der Waals surface area contributed by atoms with Crippen LogP contribution in [0.3, 0.4) is 0 Å². The number of hydrogen-bond acceptors (Lipinski definition) is 5. The van der Waals surface area contributed by atoms with Gasteiger partial charge in [-0.2, -0.15) is 5.10 Å². The number of rotatable bonds is 5. The summed E-state index contributed by atoms with van der Waals surface area (Å²) >= 11 is 0. The smallest absolute Gasteiger partial charge is 0.168 e. The van der Waals surface area contributed by atoms with Crippen LogP contribution in [0.2, 0.25) is 0 Å². The molecule has 8 heteroatoms. The zero-order valence-corrected chi connectivity index (χ0v) is 16.1. The Morgan fingerprint density at radius 3 is 2.50 bits per heavy atom. The van der Waals surface area contributed by atoms with Crippen LogP contribution in [0, 0.1) is 5.82 Å². The van der Waals surface area contributed by atoms with E-state index in [0.717, 1.165) is 22.5 Å². The first-order chi connectivity index (χ1) is 14.7. The number of aromatic nitrogens is 6. The lowest BCUT2D eigenvalue weighted by Crippen LogP contribution is -2.17. The van der Waals surface area contributed by atoms with Gasteiger partial charge in [0.05, 0.1) is 17.3 Å². The maximum absolute atomic E-state index is 13.3. The van der Waals surface area contributed by atoms with Gasteiger partial charge in [-0.25, -0.2) is 24.0 Å². The summed E-state index contributed by atoms with van der Waals surface area (Å²) in [5.41, 5.74) is 2.41. The fourth-order valence-electron chi connectivity index (χ4n) is 3.46. The van der Waals surface area contributed by atoms with Crippen LogP contribution in [0.15, 0.2) is 79.5 Å². The zero-order valence-electron chi connectivity index (χ0n) is 16.1. The second-order valence-corrected chi connectivity index (χ2v) is 6.88. The van der Waals surface area contributed by atoms with E-state index in [1.165, 1.54) is 18.5 Å². The summed E-state index contributed by atoms with van der Waals surface area (Å²) in [7, 11) is 1.96.